The molecule has 132 valence electrons. The zero-order valence-corrected chi connectivity index (χ0v) is 14.7. The van der Waals surface area contributed by atoms with Gasteiger partial charge in [-0.3, -0.25) is 0 Å². The molecule has 0 aliphatic carbocycles. The number of rotatable bonds is 4. The molecule has 6 heteroatoms. The maximum Gasteiger partial charge on any atom is 0.317 e. The van der Waals surface area contributed by atoms with E-state index in [4.69, 9.17) is 11.6 Å². The van der Waals surface area contributed by atoms with Crippen LogP contribution >= 0.6 is 11.6 Å². The third-order valence-electron chi connectivity index (χ3n) is 4.36. The fourth-order valence-electron chi connectivity index (χ4n) is 2.94. The topological polar surface area (TPSA) is 35.6 Å². The van der Waals surface area contributed by atoms with Crippen LogP contribution in [0.2, 0.25) is 5.02 Å². The standard InChI is InChI=1S/C19H21ClFN3O/c20-17-3-1-2-4-18(17)23-11-13-24(14-12-23)19(25)22-10-9-15-5-7-16(21)8-6-15/h1-8H,9-14H2,(H,22,25). The van der Waals surface area contributed by atoms with E-state index in [1.54, 1.807) is 12.1 Å². The second kappa shape index (κ2) is 8.21. The highest BCUT2D eigenvalue weighted by atomic mass is 35.5. The van der Waals surface area contributed by atoms with E-state index in [9.17, 15) is 9.18 Å². The van der Waals surface area contributed by atoms with Crippen LogP contribution in [0.25, 0.3) is 0 Å². The molecular weight excluding hydrogens is 341 g/mol. The minimum absolute atomic E-state index is 0.0547. The van der Waals surface area contributed by atoms with Crippen molar-refractivity contribution in [1.29, 1.82) is 0 Å². The SMILES string of the molecule is O=C(NCCc1ccc(F)cc1)N1CCN(c2ccccc2Cl)CC1. The van der Waals surface area contributed by atoms with Crippen LogP contribution < -0.4 is 10.2 Å². The minimum atomic E-state index is -0.246. The first-order chi connectivity index (χ1) is 12.1. The first-order valence-electron chi connectivity index (χ1n) is 8.40. The quantitative estimate of drug-likeness (QED) is 0.903. The van der Waals surface area contributed by atoms with E-state index in [1.807, 2.05) is 29.2 Å². The summed E-state index contributed by atoms with van der Waals surface area (Å²) in [5.41, 5.74) is 2.02. The summed E-state index contributed by atoms with van der Waals surface area (Å²) in [4.78, 5) is 16.3. The Morgan fingerprint density at radius 3 is 2.40 bits per heavy atom. The molecule has 1 N–H and O–H groups in total. The van der Waals surface area contributed by atoms with Crippen molar-refractivity contribution in [2.24, 2.45) is 0 Å². The maximum absolute atomic E-state index is 12.9. The van der Waals surface area contributed by atoms with Crippen molar-refractivity contribution in [2.45, 2.75) is 6.42 Å². The Morgan fingerprint density at radius 1 is 1.04 bits per heavy atom. The van der Waals surface area contributed by atoms with Gasteiger partial charge in [0.05, 0.1) is 10.7 Å². The molecule has 2 aromatic carbocycles. The maximum atomic E-state index is 12.9. The lowest BCUT2D eigenvalue weighted by molar-refractivity contribution is 0.194. The van der Waals surface area contributed by atoms with Crippen LogP contribution in [0.15, 0.2) is 48.5 Å². The molecule has 1 aliphatic heterocycles. The highest BCUT2D eigenvalue weighted by Crippen LogP contribution is 2.25. The number of nitrogens with one attached hydrogen (secondary N) is 1. The summed E-state index contributed by atoms with van der Waals surface area (Å²) in [5.74, 6) is -0.246. The van der Waals surface area contributed by atoms with Gasteiger partial charge in [0.2, 0.25) is 0 Å². The molecule has 0 saturated carbocycles. The van der Waals surface area contributed by atoms with Gasteiger partial charge in [-0.05, 0) is 36.2 Å². The lowest BCUT2D eigenvalue weighted by Crippen LogP contribution is -2.52. The van der Waals surface area contributed by atoms with Gasteiger partial charge in [-0.2, -0.15) is 0 Å². The molecule has 1 heterocycles. The van der Waals surface area contributed by atoms with Crippen molar-refractivity contribution in [3.8, 4) is 0 Å². The molecule has 0 radical (unpaired) electrons. The van der Waals surface area contributed by atoms with Gasteiger partial charge in [0.25, 0.3) is 0 Å². The second-order valence-electron chi connectivity index (χ2n) is 6.03. The average molecular weight is 362 g/mol. The molecule has 4 nitrogen and oxygen atoms in total. The van der Waals surface area contributed by atoms with Crippen LogP contribution in [0.1, 0.15) is 5.56 Å². The third-order valence-corrected chi connectivity index (χ3v) is 4.68. The normalized spacial score (nSPS) is 14.5. The van der Waals surface area contributed by atoms with E-state index >= 15 is 0 Å². The number of hydrogen-bond acceptors (Lipinski definition) is 2. The summed E-state index contributed by atoms with van der Waals surface area (Å²) in [7, 11) is 0. The molecule has 0 unspecified atom stereocenters. The van der Waals surface area contributed by atoms with Crippen LogP contribution in [0.5, 0.6) is 0 Å². The summed E-state index contributed by atoms with van der Waals surface area (Å²) in [6, 6.07) is 14.1. The molecule has 2 amide bonds. The number of urea groups is 1. The van der Waals surface area contributed by atoms with Crippen LogP contribution in [0.4, 0.5) is 14.9 Å². The third kappa shape index (κ3) is 4.63. The molecule has 1 aliphatic rings. The summed E-state index contributed by atoms with van der Waals surface area (Å²) in [6.07, 6.45) is 0.686. The Hall–Kier alpha value is -2.27. The minimum Gasteiger partial charge on any atom is -0.367 e. The van der Waals surface area contributed by atoms with E-state index in [-0.39, 0.29) is 11.8 Å². The largest absolute Gasteiger partial charge is 0.367 e. The lowest BCUT2D eigenvalue weighted by atomic mass is 10.1. The van der Waals surface area contributed by atoms with Crippen molar-refractivity contribution in [1.82, 2.24) is 10.2 Å². The van der Waals surface area contributed by atoms with E-state index in [0.717, 1.165) is 29.4 Å². The van der Waals surface area contributed by atoms with Crippen LogP contribution in [0, 0.1) is 5.82 Å². The van der Waals surface area contributed by atoms with Gasteiger partial charge in [-0.25, -0.2) is 9.18 Å². The van der Waals surface area contributed by atoms with Crippen molar-refractivity contribution >= 4 is 23.3 Å². The number of para-hydroxylation sites is 1. The summed E-state index contributed by atoms with van der Waals surface area (Å²) in [6.45, 7) is 3.38. The summed E-state index contributed by atoms with van der Waals surface area (Å²) < 4.78 is 12.9. The molecule has 0 aromatic heterocycles. The van der Waals surface area contributed by atoms with Gasteiger partial charge in [0, 0.05) is 32.7 Å². The van der Waals surface area contributed by atoms with Gasteiger partial charge >= 0.3 is 6.03 Å². The van der Waals surface area contributed by atoms with Crippen LogP contribution in [-0.2, 0) is 6.42 Å². The fourth-order valence-corrected chi connectivity index (χ4v) is 3.19. The number of carbonyl (C=O) groups is 1. The predicted octanol–water partition coefficient (Wildman–Crippen LogP) is 3.55. The number of hydrogen-bond donors (Lipinski definition) is 1. The number of carbonyl (C=O) groups excluding carboxylic acids is 1. The predicted molar refractivity (Wildman–Crippen MR) is 98.7 cm³/mol. The van der Waals surface area contributed by atoms with Crippen molar-refractivity contribution in [3.05, 3.63) is 64.9 Å². The van der Waals surface area contributed by atoms with Gasteiger partial charge in [-0.15, -0.1) is 0 Å². The zero-order chi connectivity index (χ0) is 17.6. The Bertz CT molecular complexity index is 715. The number of anilines is 1. The van der Waals surface area contributed by atoms with Crippen LogP contribution in [-0.4, -0.2) is 43.7 Å². The second-order valence-corrected chi connectivity index (χ2v) is 6.44. The molecular formula is C19H21ClFN3O. The van der Waals surface area contributed by atoms with E-state index < -0.39 is 0 Å². The Morgan fingerprint density at radius 2 is 1.72 bits per heavy atom. The zero-order valence-electron chi connectivity index (χ0n) is 13.9. The number of benzene rings is 2. The molecule has 25 heavy (non-hydrogen) atoms. The first kappa shape index (κ1) is 17.5. The van der Waals surface area contributed by atoms with Gasteiger partial charge in [0.1, 0.15) is 5.82 Å². The van der Waals surface area contributed by atoms with Gasteiger partial charge in [-0.1, -0.05) is 35.9 Å². The van der Waals surface area contributed by atoms with Gasteiger partial charge in [0.15, 0.2) is 0 Å². The van der Waals surface area contributed by atoms with E-state index in [0.29, 0.717) is 26.1 Å². The number of amides is 2. The Kier molecular flexibility index (Phi) is 5.76. The molecule has 0 bridgehead atoms. The lowest BCUT2D eigenvalue weighted by Gasteiger charge is -2.36. The fraction of sp³-hybridized carbons (Fsp3) is 0.316. The Labute approximate surface area is 152 Å². The number of piperazine rings is 1. The first-order valence-corrected chi connectivity index (χ1v) is 8.78. The van der Waals surface area contributed by atoms with E-state index in [2.05, 4.69) is 10.2 Å². The molecule has 0 spiro atoms. The van der Waals surface area contributed by atoms with Crippen LogP contribution in [0.3, 0.4) is 0 Å². The highest BCUT2D eigenvalue weighted by molar-refractivity contribution is 6.33. The number of nitrogens with zero attached hydrogens (tertiary/aromatic N) is 2. The van der Waals surface area contributed by atoms with Crippen molar-refractivity contribution in [3.63, 3.8) is 0 Å². The van der Waals surface area contributed by atoms with E-state index in [1.165, 1.54) is 12.1 Å². The smallest absolute Gasteiger partial charge is 0.317 e. The number of halogens is 2. The van der Waals surface area contributed by atoms with Crippen molar-refractivity contribution in [2.75, 3.05) is 37.6 Å². The molecule has 1 saturated heterocycles. The molecule has 1 fully saturated rings. The average Bonchev–Trinajstić information content (AvgIpc) is 2.64. The molecule has 0 atom stereocenters. The Balaban J connectivity index is 1.44. The highest BCUT2D eigenvalue weighted by Gasteiger charge is 2.21. The summed E-state index contributed by atoms with van der Waals surface area (Å²) in [5, 5.41) is 3.67. The van der Waals surface area contributed by atoms with Gasteiger partial charge < -0.3 is 15.1 Å². The molecule has 3 rings (SSSR count). The monoisotopic (exact) mass is 361 g/mol. The van der Waals surface area contributed by atoms with Crippen molar-refractivity contribution < 1.29 is 9.18 Å². The summed E-state index contributed by atoms with van der Waals surface area (Å²) >= 11 is 6.23. The molecule has 2 aromatic rings.